The van der Waals surface area contributed by atoms with E-state index in [1.165, 1.54) is 4.90 Å². The minimum absolute atomic E-state index is 0.317. The van der Waals surface area contributed by atoms with Crippen LogP contribution in [-0.4, -0.2) is 33.0 Å². The summed E-state index contributed by atoms with van der Waals surface area (Å²) in [7, 11) is 4.75. The van der Waals surface area contributed by atoms with Gasteiger partial charge in [0.1, 0.15) is 5.75 Å². The molecule has 0 radical (unpaired) electrons. The number of nitrogens with zero attached hydrogens (tertiary/aromatic N) is 1. The molecule has 0 fully saturated rings. The van der Waals surface area contributed by atoms with Crippen molar-refractivity contribution >= 4 is 17.4 Å². The molecule has 152 valence electrons. The van der Waals surface area contributed by atoms with Gasteiger partial charge >= 0.3 is 0 Å². The van der Waals surface area contributed by atoms with Gasteiger partial charge in [-0.1, -0.05) is 24.3 Å². The number of hydrogen-bond acceptors (Lipinski definition) is 5. The molecule has 0 saturated heterocycles. The van der Waals surface area contributed by atoms with Crippen LogP contribution in [0.2, 0.25) is 0 Å². The number of amides is 1. The predicted octanol–water partition coefficient (Wildman–Crippen LogP) is 4.11. The summed E-state index contributed by atoms with van der Waals surface area (Å²) in [6.07, 6.45) is 0. The minimum atomic E-state index is -0.523. The number of ketones is 1. The van der Waals surface area contributed by atoms with Gasteiger partial charge in [0, 0.05) is 0 Å². The Morgan fingerprint density at radius 2 is 1.40 bits per heavy atom. The Labute approximate surface area is 174 Å². The van der Waals surface area contributed by atoms with Gasteiger partial charge in [-0.2, -0.15) is 0 Å². The van der Waals surface area contributed by atoms with E-state index in [2.05, 4.69) is 0 Å². The number of methoxy groups -OCH3 is 3. The fourth-order valence-corrected chi connectivity index (χ4v) is 3.57. The Morgan fingerprint density at radius 3 is 2.07 bits per heavy atom. The van der Waals surface area contributed by atoms with Gasteiger partial charge in [0.05, 0.1) is 39.1 Å². The van der Waals surface area contributed by atoms with Crippen LogP contribution in [0.15, 0.2) is 60.7 Å². The highest BCUT2D eigenvalue weighted by molar-refractivity contribution is 6.52. The number of Topliss-reactive ketones (excluding diaryl/α,β-unsaturated/α-hetero) is 1. The van der Waals surface area contributed by atoms with Crippen LogP contribution >= 0.6 is 0 Å². The number of ether oxygens (including phenoxy) is 3. The summed E-state index contributed by atoms with van der Waals surface area (Å²) < 4.78 is 15.8. The minimum Gasteiger partial charge on any atom is -0.497 e. The van der Waals surface area contributed by atoms with Crippen molar-refractivity contribution in [3.8, 4) is 28.4 Å². The highest BCUT2D eigenvalue weighted by atomic mass is 16.5. The van der Waals surface area contributed by atoms with E-state index < -0.39 is 11.7 Å². The molecule has 3 aromatic rings. The van der Waals surface area contributed by atoms with Gasteiger partial charge in [-0.3, -0.25) is 9.59 Å². The first-order chi connectivity index (χ1) is 14.5. The summed E-state index contributed by atoms with van der Waals surface area (Å²) in [5, 5.41) is 0. The molecule has 1 aliphatic heterocycles. The third kappa shape index (κ3) is 3.37. The lowest BCUT2D eigenvalue weighted by Crippen LogP contribution is -2.29. The quantitative estimate of drug-likeness (QED) is 0.580. The lowest BCUT2D eigenvalue weighted by atomic mass is 10.0. The second kappa shape index (κ2) is 7.91. The van der Waals surface area contributed by atoms with Gasteiger partial charge in [-0.05, 0) is 53.1 Å². The number of fused-ring (bicyclic) bond motifs is 1. The van der Waals surface area contributed by atoms with Crippen LogP contribution in [0.25, 0.3) is 11.1 Å². The Hall–Kier alpha value is -3.80. The number of carbonyl (C=O) groups is 2. The number of benzene rings is 3. The number of rotatable bonds is 6. The number of anilines is 1. The zero-order valence-corrected chi connectivity index (χ0v) is 17.0. The lowest BCUT2D eigenvalue weighted by molar-refractivity contribution is -0.114. The van der Waals surface area contributed by atoms with Crippen molar-refractivity contribution in [2.75, 3.05) is 26.2 Å². The van der Waals surface area contributed by atoms with Crippen LogP contribution in [0.1, 0.15) is 15.9 Å². The van der Waals surface area contributed by atoms with Crippen LogP contribution in [0.3, 0.4) is 0 Å². The standard InChI is InChI=1S/C24H21NO5/c1-28-18-8-4-15(5-9-18)14-25-20-10-6-16(12-19(20)23(26)24(25)27)17-7-11-21(29-2)22(13-17)30-3/h4-13H,14H2,1-3H3. The first kappa shape index (κ1) is 19.5. The van der Waals surface area contributed by atoms with Gasteiger partial charge < -0.3 is 19.1 Å². The second-order valence-corrected chi connectivity index (χ2v) is 6.87. The predicted molar refractivity (Wildman–Crippen MR) is 113 cm³/mol. The van der Waals surface area contributed by atoms with Crippen molar-refractivity contribution in [1.29, 1.82) is 0 Å². The normalized spacial score (nSPS) is 12.7. The van der Waals surface area contributed by atoms with Crippen molar-refractivity contribution in [3.05, 3.63) is 71.8 Å². The van der Waals surface area contributed by atoms with E-state index in [1.54, 1.807) is 27.4 Å². The number of hydrogen-bond donors (Lipinski definition) is 0. The molecule has 0 aliphatic carbocycles. The summed E-state index contributed by atoms with van der Waals surface area (Å²) in [5.41, 5.74) is 3.62. The summed E-state index contributed by atoms with van der Waals surface area (Å²) in [4.78, 5) is 26.8. The Morgan fingerprint density at radius 1 is 0.733 bits per heavy atom. The van der Waals surface area contributed by atoms with Crippen LogP contribution in [0, 0.1) is 0 Å². The molecule has 0 aromatic heterocycles. The maximum absolute atomic E-state index is 12.6. The van der Waals surface area contributed by atoms with E-state index in [-0.39, 0.29) is 0 Å². The summed E-state index contributed by atoms with van der Waals surface area (Å²) in [6, 6.07) is 18.4. The van der Waals surface area contributed by atoms with Crippen LogP contribution in [0.4, 0.5) is 5.69 Å². The molecule has 0 bridgehead atoms. The molecule has 1 heterocycles. The first-order valence-electron chi connectivity index (χ1n) is 9.41. The monoisotopic (exact) mass is 403 g/mol. The Bertz CT molecular complexity index is 1120. The van der Waals surface area contributed by atoms with Crippen LogP contribution in [0.5, 0.6) is 17.2 Å². The average molecular weight is 403 g/mol. The lowest BCUT2D eigenvalue weighted by Gasteiger charge is -2.17. The molecule has 0 spiro atoms. The van der Waals surface area contributed by atoms with Gasteiger partial charge in [0.2, 0.25) is 0 Å². The van der Waals surface area contributed by atoms with Gasteiger partial charge in [-0.15, -0.1) is 0 Å². The SMILES string of the molecule is COc1ccc(CN2C(=O)C(=O)c3cc(-c4ccc(OC)c(OC)c4)ccc32)cc1. The van der Waals surface area contributed by atoms with Crippen molar-refractivity contribution in [3.63, 3.8) is 0 Å². The molecule has 0 N–H and O–H groups in total. The smallest absolute Gasteiger partial charge is 0.299 e. The van der Waals surface area contributed by atoms with Crippen LogP contribution < -0.4 is 19.1 Å². The van der Waals surface area contributed by atoms with E-state index in [0.717, 1.165) is 22.4 Å². The molecule has 0 saturated carbocycles. The maximum atomic E-state index is 12.6. The summed E-state index contributed by atoms with van der Waals surface area (Å²) >= 11 is 0. The molecule has 1 amide bonds. The van der Waals surface area contributed by atoms with E-state index in [9.17, 15) is 9.59 Å². The van der Waals surface area contributed by atoms with E-state index >= 15 is 0 Å². The average Bonchev–Trinajstić information content (AvgIpc) is 3.03. The van der Waals surface area contributed by atoms with Gasteiger partial charge in [0.15, 0.2) is 11.5 Å². The topological polar surface area (TPSA) is 65.1 Å². The molecule has 0 atom stereocenters. The summed E-state index contributed by atoms with van der Waals surface area (Å²) in [6.45, 7) is 0.317. The van der Waals surface area contributed by atoms with E-state index in [1.807, 2.05) is 54.6 Å². The van der Waals surface area contributed by atoms with E-state index in [4.69, 9.17) is 14.2 Å². The zero-order valence-electron chi connectivity index (χ0n) is 17.0. The fraction of sp³-hybridized carbons (Fsp3) is 0.167. The first-order valence-corrected chi connectivity index (χ1v) is 9.41. The molecule has 4 rings (SSSR count). The highest BCUT2D eigenvalue weighted by Crippen LogP contribution is 2.37. The molecule has 6 nitrogen and oxygen atoms in total. The van der Waals surface area contributed by atoms with Gasteiger partial charge in [-0.25, -0.2) is 0 Å². The highest BCUT2D eigenvalue weighted by Gasteiger charge is 2.36. The molecular weight excluding hydrogens is 382 g/mol. The molecule has 6 heteroatoms. The number of carbonyl (C=O) groups excluding carboxylic acids is 2. The van der Waals surface area contributed by atoms with E-state index in [0.29, 0.717) is 29.3 Å². The second-order valence-electron chi connectivity index (χ2n) is 6.87. The third-order valence-corrected chi connectivity index (χ3v) is 5.19. The Kier molecular flexibility index (Phi) is 5.14. The largest absolute Gasteiger partial charge is 0.497 e. The molecule has 3 aromatic carbocycles. The maximum Gasteiger partial charge on any atom is 0.299 e. The molecule has 30 heavy (non-hydrogen) atoms. The fourth-order valence-electron chi connectivity index (χ4n) is 3.57. The van der Waals surface area contributed by atoms with Crippen molar-refractivity contribution in [2.24, 2.45) is 0 Å². The molecule has 1 aliphatic rings. The van der Waals surface area contributed by atoms with Gasteiger partial charge in [0.25, 0.3) is 11.7 Å². The van der Waals surface area contributed by atoms with Crippen LogP contribution in [-0.2, 0) is 11.3 Å². The third-order valence-electron chi connectivity index (χ3n) is 5.19. The van der Waals surface area contributed by atoms with Crippen molar-refractivity contribution < 1.29 is 23.8 Å². The molecule has 0 unspecified atom stereocenters. The summed E-state index contributed by atoms with van der Waals surface area (Å²) in [5.74, 6) is 0.937. The zero-order chi connectivity index (χ0) is 21.3. The van der Waals surface area contributed by atoms with Crippen molar-refractivity contribution in [1.82, 2.24) is 0 Å². The molecular formula is C24H21NO5. The Balaban J connectivity index is 1.67. The van der Waals surface area contributed by atoms with Crippen molar-refractivity contribution in [2.45, 2.75) is 6.54 Å².